The quantitative estimate of drug-likeness (QED) is 0.363. The van der Waals surface area contributed by atoms with Crippen LogP contribution in [0.3, 0.4) is 0 Å². The Balaban J connectivity index is 2.10. The zero-order chi connectivity index (χ0) is 16.3. The Labute approximate surface area is 126 Å². The van der Waals surface area contributed by atoms with Gasteiger partial charge in [0.25, 0.3) is 5.91 Å². The van der Waals surface area contributed by atoms with E-state index >= 15 is 0 Å². The van der Waals surface area contributed by atoms with Gasteiger partial charge in [0.2, 0.25) is 0 Å². The van der Waals surface area contributed by atoms with E-state index in [0.717, 1.165) is 0 Å². The second-order valence-electron chi connectivity index (χ2n) is 5.08. The van der Waals surface area contributed by atoms with E-state index in [0.29, 0.717) is 5.56 Å². The predicted molar refractivity (Wildman–Crippen MR) is 73.7 cm³/mol. The number of carbonyl (C=O) groups excluding carboxylic acids is 1. The van der Waals surface area contributed by atoms with Crippen molar-refractivity contribution in [1.29, 1.82) is 0 Å². The number of nitrogens with one attached hydrogen (secondary N) is 1. The van der Waals surface area contributed by atoms with Gasteiger partial charge in [-0.25, -0.2) is 0 Å². The normalized spacial score (nSPS) is 33.2. The van der Waals surface area contributed by atoms with Crippen LogP contribution in [0.25, 0.3) is 0 Å². The summed E-state index contributed by atoms with van der Waals surface area (Å²) in [6.07, 6.45) is -8.96. The highest BCUT2D eigenvalue weighted by molar-refractivity contribution is 5.94. The van der Waals surface area contributed by atoms with Crippen LogP contribution in [0.4, 0.5) is 0 Å². The Morgan fingerprint density at radius 2 is 1.77 bits per heavy atom. The third kappa shape index (κ3) is 3.43. The van der Waals surface area contributed by atoms with Crippen molar-refractivity contribution in [2.75, 3.05) is 6.61 Å². The van der Waals surface area contributed by atoms with Crippen LogP contribution in [0.2, 0.25) is 0 Å². The molecule has 122 valence electrons. The molecule has 0 spiro atoms. The zero-order valence-electron chi connectivity index (χ0n) is 11.6. The van der Waals surface area contributed by atoms with Crippen molar-refractivity contribution in [2.24, 2.45) is 0 Å². The van der Waals surface area contributed by atoms with Gasteiger partial charge in [0.05, 0.1) is 6.61 Å². The molecule has 1 aromatic carbocycles. The van der Waals surface area contributed by atoms with Crippen LogP contribution < -0.4 is 5.32 Å². The fourth-order valence-corrected chi connectivity index (χ4v) is 2.25. The van der Waals surface area contributed by atoms with E-state index in [-0.39, 0.29) is 0 Å². The van der Waals surface area contributed by atoms with Gasteiger partial charge in [-0.05, 0) is 12.1 Å². The van der Waals surface area contributed by atoms with Crippen LogP contribution >= 0.6 is 0 Å². The molecule has 0 aliphatic carbocycles. The van der Waals surface area contributed by atoms with E-state index in [2.05, 4.69) is 5.32 Å². The van der Waals surface area contributed by atoms with E-state index in [4.69, 9.17) is 9.84 Å². The van der Waals surface area contributed by atoms with Crippen LogP contribution in [0.15, 0.2) is 30.3 Å². The average molecular weight is 313 g/mol. The Kier molecular flexibility index (Phi) is 5.46. The SMILES string of the molecule is O=C(NC1OC(C(O)CO)C(O)C(O)C1O)c1ccccc1. The summed E-state index contributed by atoms with van der Waals surface area (Å²) < 4.78 is 5.22. The largest absolute Gasteiger partial charge is 0.394 e. The van der Waals surface area contributed by atoms with Crippen LogP contribution in [0.5, 0.6) is 0 Å². The first-order chi connectivity index (χ1) is 10.5. The van der Waals surface area contributed by atoms with Gasteiger partial charge in [-0.2, -0.15) is 0 Å². The highest BCUT2D eigenvalue weighted by atomic mass is 16.6. The highest BCUT2D eigenvalue weighted by Crippen LogP contribution is 2.22. The van der Waals surface area contributed by atoms with E-state index in [1.54, 1.807) is 30.3 Å². The van der Waals surface area contributed by atoms with Crippen molar-refractivity contribution in [2.45, 2.75) is 36.7 Å². The lowest BCUT2D eigenvalue weighted by Gasteiger charge is -2.42. The van der Waals surface area contributed by atoms with Crippen molar-refractivity contribution in [3.8, 4) is 0 Å². The summed E-state index contributed by atoms with van der Waals surface area (Å²) in [4.78, 5) is 12.0. The van der Waals surface area contributed by atoms with Gasteiger partial charge in [-0.3, -0.25) is 4.79 Å². The molecule has 1 aliphatic rings. The van der Waals surface area contributed by atoms with Crippen LogP contribution in [0, 0.1) is 0 Å². The van der Waals surface area contributed by atoms with Crippen LogP contribution in [-0.2, 0) is 4.74 Å². The lowest BCUT2D eigenvalue weighted by atomic mass is 9.95. The zero-order valence-corrected chi connectivity index (χ0v) is 11.6. The van der Waals surface area contributed by atoms with Crippen LogP contribution in [0.1, 0.15) is 10.4 Å². The lowest BCUT2D eigenvalue weighted by Crippen LogP contribution is -2.65. The summed E-state index contributed by atoms with van der Waals surface area (Å²) >= 11 is 0. The van der Waals surface area contributed by atoms with E-state index in [9.17, 15) is 25.2 Å². The second-order valence-corrected chi connectivity index (χ2v) is 5.08. The number of benzene rings is 1. The smallest absolute Gasteiger partial charge is 0.253 e. The Hall–Kier alpha value is -1.55. The number of carbonyl (C=O) groups is 1. The van der Waals surface area contributed by atoms with Crippen molar-refractivity contribution >= 4 is 5.91 Å². The van der Waals surface area contributed by atoms with E-state index < -0.39 is 49.3 Å². The monoisotopic (exact) mass is 313 g/mol. The molecular formula is C14H19NO7. The standard InChI is InChI=1S/C14H19NO7/c16-6-8(17)12-10(19)9(18)11(20)14(22-12)15-13(21)7-4-2-1-3-5-7/h1-5,8-12,14,16-20H,6H2,(H,15,21). The summed E-state index contributed by atoms with van der Waals surface area (Å²) in [7, 11) is 0. The molecule has 0 aromatic heterocycles. The molecule has 6 N–H and O–H groups in total. The molecule has 6 atom stereocenters. The summed E-state index contributed by atoms with van der Waals surface area (Å²) in [5.74, 6) is -0.550. The van der Waals surface area contributed by atoms with Gasteiger partial charge in [-0.1, -0.05) is 18.2 Å². The van der Waals surface area contributed by atoms with Gasteiger partial charge in [-0.15, -0.1) is 0 Å². The van der Waals surface area contributed by atoms with Gasteiger partial charge >= 0.3 is 0 Å². The molecule has 8 heteroatoms. The molecule has 22 heavy (non-hydrogen) atoms. The number of aliphatic hydroxyl groups is 5. The number of rotatable bonds is 4. The number of hydrogen-bond donors (Lipinski definition) is 6. The number of aliphatic hydroxyl groups excluding tert-OH is 5. The maximum atomic E-state index is 12.0. The van der Waals surface area contributed by atoms with E-state index in [1.807, 2.05) is 0 Å². The Morgan fingerprint density at radius 1 is 1.14 bits per heavy atom. The number of ether oxygens (including phenoxy) is 1. The molecule has 1 aromatic rings. The minimum absolute atomic E-state index is 0.318. The second kappa shape index (κ2) is 7.14. The molecule has 1 heterocycles. The van der Waals surface area contributed by atoms with Gasteiger partial charge in [0.15, 0.2) is 6.23 Å². The van der Waals surface area contributed by atoms with Gasteiger partial charge in [0.1, 0.15) is 30.5 Å². The third-order valence-corrected chi connectivity index (χ3v) is 3.53. The maximum absolute atomic E-state index is 12.0. The highest BCUT2D eigenvalue weighted by Gasteiger charge is 2.46. The molecule has 1 aliphatic heterocycles. The molecule has 1 amide bonds. The minimum atomic E-state index is -1.64. The fourth-order valence-electron chi connectivity index (χ4n) is 2.25. The topological polar surface area (TPSA) is 139 Å². The molecule has 6 unspecified atom stereocenters. The fraction of sp³-hybridized carbons (Fsp3) is 0.500. The van der Waals surface area contributed by atoms with Crippen molar-refractivity contribution in [3.05, 3.63) is 35.9 Å². The van der Waals surface area contributed by atoms with Crippen LogP contribution in [-0.4, -0.2) is 74.8 Å². The van der Waals surface area contributed by atoms with E-state index in [1.165, 1.54) is 0 Å². The first kappa shape index (κ1) is 16.8. The molecule has 1 fully saturated rings. The minimum Gasteiger partial charge on any atom is -0.394 e. The third-order valence-electron chi connectivity index (χ3n) is 3.53. The summed E-state index contributed by atoms with van der Waals surface area (Å²) in [5, 5.41) is 50.3. The summed E-state index contributed by atoms with van der Waals surface area (Å²) in [6.45, 7) is -0.704. The number of hydrogen-bond acceptors (Lipinski definition) is 7. The average Bonchev–Trinajstić information content (AvgIpc) is 2.55. The van der Waals surface area contributed by atoms with Crippen molar-refractivity contribution in [3.63, 3.8) is 0 Å². The first-order valence-corrected chi connectivity index (χ1v) is 6.80. The molecule has 2 rings (SSSR count). The number of amides is 1. The van der Waals surface area contributed by atoms with Crippen molar-refractivity contribution in [1.82, 2.24) is 5.32 Å². The molecule has 0 radical (unpaired) electrons. The molecule has 8 nitrogen and oxygen atoms in total. The summed E-state index contributed by atoms with van der Waals surface area (Å²) in [6, 6.07) is 8.15. The lowest BCUT2D eigenvalue weighted by molar-refractivity contribution is -0.249. The van der Waals surface area contributed by atoms with Gasteiger partial charge in [0, 0.05) is 5.56 Å². The molecule has 1 saturated heterocycles. The first-order valence-electron chi connectivity index (χ1n) is 6.80. The molecule has 0 bridgehead atoms. The molecular weight excluding hydrogens is 294 g/mol. The van der Waals surface area contributed by atoms with Crippen molar-refractivity contribution < 1.29 is 35.1 Å². The molecule has 0 saturated carbocycles. The Bertz CT molecular complexity index is 497. The van der Waals surface area contributed by atoms with Gasteiger partial charge < -0.3 is 35.6 Å². The Morgan fingerprint density at radius 3 is 2.36 bits per heavy atom. The maximum Gasteiger partial charge on any atom is 0.253 e. The summed E-state index contributed by atoms with van der Waals surface area (Å²) in [5.41, 5.74) is 0.318. The predicted octanol–water partition coefficient (Wildman–Crippen LogP) is -2.42.